The minimum absolute atomic E-state index is 1.42. The molecule has 0 aliphatic carbocycles. The van der Waals surface area contributed by atoms with Gasteiger partial charge in [0.25, 0.3) is 0 Å². The summed E-state index contributed by atoms with van der Waals surface area (Å²) < 4.78 is 0. The van der Waals surface area contributed by atoms with Crippen LogP contribution in [0.1, 0.15) is 0 Å². The van der Waals surface area contributed by atoms with Crippen molar-refractivity contribution in [2.75, 3.05) is 7.05 Å². The van der Waals surface area contributed by atoms with Crippen molar-refractivity contribution in [3.05, 3.63) is 30.6 Å². The van der Waals surface area contributed by atoms with Gasteiger partial charge in [-0.05, 0) is 12.1 Å². The highest BCUT2D eigenvalue weighted by Gasteiger charge is 1.58. The van der Waals surface area contributed by atoms with Crippen LogP contribution in [0.2, 0.25) is 0 Å². The molecule has 1 aromatic heterocycles. The largest absolute Gasteiger partial charge is 0.265 e. The maximum atomic E-state index is 5.83. The minimum Gasteiger partial charge on any atom is -0.265 e. The molecule has 3 nitrogen and oxygen atoms in total. The number of aromatic nitrogens is 1. The van der Waals surface area contributed by atoms with Crippen molar-refractivity contribution in [3.8, 4) is 0 Å². The zero-order valence-electron chi connectivity index (χ0n) is 5.28. The molecule has 0 atom stereocenters. The van der Waals surface area contributed by atoms with E-state index in [4.69, 9.17) is 5.53 Å². The lowest BCUT2D eigenvalue weighted by Crippen LogP contribution is -1.58. The van der Waals surface area contributed by atoms with Crippen LogP contribution in [0.5, 0.6) is 0 Å². The van der Waals surface area contributed by atoms with Crippen LogP contribution >= 0.6 is 0 Å². The summed E-state index contributed by atoms with van der Waals surface area (Å²) in [4.78, 5) is 3.78. The summed E-state index contributed by atoms with van der Waals surface area (Å²) in [7, 11) is 1.42. The standard InChI is InChI=1S/C5H5N.CH4N2/c1-2-4-6-5-3-1;1-3-2/h1-5H;2H,1H3. The third-order valence-electron chi connectivity index (χ3n) is 0.566. The van der Waals surface area contributed by atoms with E-state index in [0.717, 1.165) is 0 Å². The summed E-state index contributed by atoms with van der Waals surface area (Å²) in [5.41, 5.74) is 5.83. The first-order chi connectivity index (χ1) is 4.41. The van der Waals surface area contributed by atoms with E-state index in [1.807, 2.05) is 18.2 Å². The molecular formula is C6H9N3. The van der Waals surface area contributed by atoms with Crippen LogP contribution in [0.15, 0.2) is 35.7 Å². The molecule has 1 rings (SSSR count). The third-order valence-corrected chi connectivity index (χ3v) is 0.566. The summed E-state index contributed by atoms with van der Waals surface area (Å²) in [5.74, 6) is 0. The van der Waals surface area contributed by atoms with Gasteiger partial charge in [0.2, 0.25) is 0 Å². The quantitative estimate of drug-likeness (QED) is 0.525. The summed E-state index contributed by atoms with van der Waals surface area (Å²) >= 11 is 0. The van der Waals surface area contributed by atoms with E-state index < -0.39 is 0 Å². The van der Waals surface area contributed by atoms with Crippen molar-refractivity contribution in [2.24, 2.45) is 5.11 Å². The van der Waals surface area contributed by atoms with Gasteiger partial charge in [0.1, 0.15) is 0 Å². The van der Waals surface area contributed by atoms with Crippen LogP contribution in [-0.4, -0.2) is 12.0 Å². The monoisotopic (exact) mass is 123 g/mol. The van der Waals surface area contributed by atoms with Crippen LogP contribution in [0.25, 0.3) is 0 Å². The van der Waals surface area contributed by atoms with Gasteiger partial charge in [-0.1, -0.05) is 6.07 Å². The highest BCUT2D eigenvalue weighted by Crippen LogP contribution is 1.73. The zero-order valence-corrected chi connectivity index (χ0v) is 5.28. The molecule has 0 fully saturated rings. The second-order valence-corrected chi connectivity index (χ2v) is 1.25. The maximum absolute atomic E-state index is 5.83. The fourth-order valence-corrected chi connectivity index (χ4v) is 0.313. The number of nitrogens with zero attached hydrogens (tertiary/aromatic N) is 2. The Bertz CT molecular complexity index is 112. The minimum atomic E-state index is 1.42. The first-order valence-electron chi connectivity index (χ1n) is 2.52. The van der Waals surface area contributed by atoms with Gasteiger partial charge in [-0.2, -0.15) is 0 Å². The van der Waals surface area contributed by atoms with Gasteiger partial charge in [0, 0.05) is 19.4 Å². The van der Waals surface area contributed by atoms with Gasteiger partial charge in [0.15, 0.2) is 0 Å². The SMILES string of the molecule is CN=N.c1ccncc1. The number of nitrogens with one attached hydrogen (secondary N) is 1. The van der Waals surface area contributed by atoms with Crippen LogP contribution in [0.4, 0.5) is 0 Å². The van der Waals surface area contributed by atoms with Gasteiger partial charge in [-0.3, -0.25) is 4.98 Å². The number of pyridine rings is 1. The zero-order chi connectivity index (χ0) is 6.95. The second kappa shape index (κ2) is 6.75. The Morgan fingerprint density at radius 2 is 1.67 bits per heavy atom. The molecule has 0 saturated carbocycles. The van der Waals surface area contributed by atoms with Crippen LogP contribution in [0.3, 0.4) is 0 Å². The summed E-state index contributed by atoms with van der Waals surface area (Å²) in [6.45, 7) is 0. The van der Waals surface area contributed by atoms with Crippen LogP contribution < -0.4 is 0 Å². The molecule has 1 heterocycles. The first-order valence-corrected chi connectivity index (χ1v) is 2.52. The Labute approximate surface area is 54.3 Å². The fraction of sp³-hybridized carbons (Fsp3) is 0.167. The Morgan fingerprint density at radius 1 is 1.22 bits per heavy atom. The molecule has 0 aromatic carbocycles. The number of hydrogen-bond donors (Lipinski definition) is 1. The third kappa shape index (κ3) is 6.75. The normalized spacial score (nSPS) is 6.78. The summed E-state index contributed by atoms with van der Waals surface area (Å²) in [5, 5.41) is 2.75. The Kier molecular flexibility index (Phi) is 5.81. The lowest BCUT2D eigenvalue weighted by Gasteiger charge is -1.70. The molecule has 0 unspecified atom stereocenters. The van der Waals surface area contributed by atoms with Crippen molar-refractivity contribution >= 4 is 0 Å². The van der Waals surface area contributed by atoms with Crippen molar-refractivity contribution in [1.82, 2.24) is 4.98 Å². The molecule has 1 aromatic rings. The van der Waals surface area contributed by atoms with E-state index in [-0.39, 0.29) is 0 Å². The highest BCUT2D eigenvalue weighted by molar-refractivity contribution is 4.88. The van der Waals surface area contributed by atoms with Crippen LogP contribution in [-0.2, 0) is 0 Å². The van der Waals surface area contributed by atoms with Gasteiger partial charge >= 0.3 is 0 Å². The van der Waals surface area contributed by atoms with Gasteiger partial charge in [0.05, 0.1) is 0 Å². The molecule has 0 saturated heterocycles. The molecule has 0 aliphatic heterocycles. The van der Waals surface area contributed by atoms with Crippen molar-refractivity contribution in [3.63, 3.8) is 0 Å². The topological polar surface area (TPSA) is 49.1 Å². The Morgan fingerprint density at radius 3 is 1.78 bits per heavy atom. The molecular weight excluding hydrogens is 114 g/mol. The molecule has 1 N–H and O–H groups in total. The number of hydrogen-bond acceptors (Lipinski definition) is 3. The lowest BCUT2D eigenvalue weighted by molar-refractivity contribution is 1.09. The summed E-state index contributed by atoms with van der Waals surface area (Å²) in [6.07, 6.45) is 3.50. The average molecular weight is 123 g/mol. The maximum Gasteiger partial charge on any atom is 0.0485 e. The predicted octanol–water partition coefficient (Wildman–Crippen LogP) is 1.73. The van der Waals surface area contributed by atoms with E-state index in [2.05, 4.69) is 10.1 Å². The number of rotatable bonds is 0. The highest BCUT2D eigenvalue weighted by atomic mass is 14.9. The Hall–Kier alpha value is -1.25. The molecule has 0 amide bonds. The molecule has 0 bridgehead atoms. The van der Waals surface area contributed by atoms with Gasteiger partial charge in [-0.25, -0.2) is 10.6 Å². The van der Waals surface area contributed by atoms with Crippen LogP contribution in [0, 0.1) is 5.53 Å². The predicted molar refractivity (Wildman–Crippen MR) is 35.3 cm³/mol. The van der Waals surface area contributed by atoms with Gasteiger partial charge < -0.3 is 0 Å². The summed E-state index contributed by atoms with van der Waals surface area (Å²) in [6, 6.07) is 5.72. The fourth-order valence-electron chi connectivity index (χ4n) is 0.313. The molecule has 9 heavy (non-hydrogen) atoms. The van der Waals surface area contributed by atoms with Gasteiger partial charge in [-0.15, -0.1) is 0 Å². The second-order valence-electron chi connectivity index (χ2n) is 1.25. The van der Waals surface area contributed by atoms with Crippen molar-refractivity contribution in [2.45, 2.75) is 0 Å². The lowest BCUT2D eigenvalue weighted by atomic mass is 10.5. The Balaban J connectivity index is 0.000000187. The van der Waals surface area contributed by atoms with E-state index >= 15 is 0 Å². The molecule has 0 spiro atoms. The van der Waals surface area contributed by atoms with Crippen molar-refractivity contribution in [1.29, 1.82) is 5.53 Å². The van der Waals surface area contributed by atoms with E-state index in [1.54, 1.807) is 12.4 Å². The molecule has 3 heteroatoms. The van der Waals surface area contributed by atoms with E-state index in [1.165, 1.54) is 7.05 Å². The molecule has 0 radical (unpaired) electrons. The van der Waals surface area contributed by atoms with E-state index in [0.29, 0.717) is 0 Å². The van der Waals surface area contributed by atoms with Crippen molar-refractivity contribution < 1.29 is 0 Å². The van der Waals surface area contributed by atoms with E-state index in [9.17, 15) is 0 Å². The molecule has 48 valence electrons. The first kappa shape index (κ1) is 7.75. The molecule has 0 aliphatic rings. The smallest absolute Gasteiger partial charge is 0.0485 e. The average Bonchev–Trinajstić information content (AvgIpc) is 1.93.